The van der Waals surface area contributed by atoms with Crippen LogP contribution in [-0.2, 0) is 80.5 Å². The van der Waals surface area contributed by atoms with Gasteiger partial charge in [-0.3, -0.25) is 0 Å². The Labute approximate surface area is 721 Å². The van der Waals surface area contributed by atoms with Gasteiger partial charge in [0, 0.05) is 191 Å². The Kier molecular flexibility index (Phi) is 35.8. The van der Waals surface area contributed by atoms with Crippen LogP contribution in [0.25, 0.3) is 0 Å². The largest absolute Gasteiger partial charge is 0.394 e. The van der Waals surface area contributed by atoms with Crippen LogP contribution in [0.5, 0.6) is 0 Å². The Morgan fingerprint density at radius 3 is 0.941 bits per heavy atom. The van der Waals surface area contributed by atoms with Crippen molar-refractivity contribution in [3.63, 3.8) is 0 Å². The molecule has 10 fully saturated rings. The van der Waals surface area contributed by atoms with E-state index in [0.29, 0.717) is 18.3 Å². The third-order valence-corrected chi connectivity index (χ3v) is 27.9. The molecule has 0 amide bonds. The fraction of sp³-hybridized carbons (Fsp3) is 1.00. The van der Waals surface area contributed by atoms with Crippen molar-refractivity contribution in [3.8, 4) is 0 Å². The summed E-state index contributed by atoms with van der Waals surface area (Å²) in [4.78, 5) is 0. The summed E-state index contributed by atoms with van der Waals surface area (Å²) in [5, 5.41) is 45.0. The standard InChI is InChI=1S/C78H138O21.3Ac/c1-26-52-61(81)34(7)41(14)71(86-52)93-65-37(10)43(16)72(87-54(65)28-3)94-66-38(11)44(17)73(88-55(66)29-4)95-67-39(12)45(18)74(89-56(67)30-5)97-68-40(13)46(19)75(90-57(68)31-79)92-63-36(9)42(15)70(85-51(63)24)98-69-58(32-80)91-77(48(21)62(69)82)99-78(25)59-47(20)76(84-50(23)60(59)78)96-64-35(8)33(6)49(22)83-53(64)27-2;;;/h33-77,79-82H,26-32H2,1-25H3;;;/t33?,34?,35?,36?,37?,38-,39-,40?,41?,42?,43?,44-,45?,46?,47?,48?,49-,50?,51?,52?,53?,54?,55?,56?,57?,58?,59-,60-,61+,62-,63+,64+,65+,66-,67-,68+,69+,70-,71-,72-,73?,74+,75-,76-,77+,78?;;;/m1.../s1. The fourth-order valence-electron chi connectivity index (χ4n) is 19.2. The molecule has 1 saturated carbocycles. The van der Waals surface area contributed by atoms with E-state index in [9.17, 15) is 20.4 Å². The van der Waals surface area contributed by atoms with Crippen molar-refractivity contribution in [3.05, 3.63) is 0 Å². The molecule has 24 heteroatoms. The molecule has 0 aromatic rings. The first-order chi connectivity index (χ1) is 46.8. The van der Waals surface area contributed by atoms with Crippen molar-refractivity contribution in [2.45, 2.75) is 377 Å². The fourth-order valence-corrected chi connectivity index (χ4v) is 19.2. The van der Waals surface area contributed by atoms with Crippen LogP contribution in [0.1, 0.15) is 205 Å². The molecule has 46 atom stereocenters. The first kappa shape index (κ1) is 92.7. The first-order valence-electron chi connectivity index (χ1n) is 39.6. The molecule has 10 rings (SSSR count). The maximum Gasteiger partial charge on any atom is 0.164 e. The number of aliphatic hydroxyl groups is 4. The molecule has 9 aliphatic heterocycles. The Morgan fingerprint density at radius 2 is 0.539 bits per heavy atom. The molecule has 9 saturated heterocycles. The molecule has 24 unspecified atom stereocenters. The average molecular weight is 2090 g/mol. The van der Waals surface area contributed by atoms with Gasteiger partial charge in [0.2, 0.25) is 0 Å². The Morgan fingerprint density at radius 1 is 0.255 bits per heavy atom. The maximum absolute atomic E-state index is 12.1. The van der Waals surface area contributed by atoms with Crippen LogP contribution in [0.3, 0.4) is 0 Å². The summed E-state index contributed by atoms with van der Waals surface area (Å²) in [7, 11) is 0. The van der Waals surface area contributed by atoms with Crippen LogP contribution in [-0.4, -0.2) is 206 Å². The van der Waals surface area contributed by atoms with Crippen LogP contribution in [0.15, 0.2) is 0 Å². The summed E-state index contributed by atoms with van der Waals surface area (Å²) in [5.74, 6) is 0.0671. The van der Waals surface area contributed by atoms with E-state index in [1.54, 1.807) is 0 Å². The third kappa shape index (κ3) is 18.8. The quantitative estimate of drug-likeness (QED) is 0.0744. The molecule has 102 heavy (non-hydrogen) atoms. The number of rotatable bonds is 23. The molecule has 10 aliphatic rings. The monoisotopic (exact) mass is 2090 g/mol. The number of fused-ring (bicyclic) bond motifs is 1. The van der Waals surface area contributed by atoms with Gasteiger partial charge in [0.15, 0.2) is 50.3 Å². The van der Waals surface area contributed by atoms with Crippen molar-refractivity contribution in [1.29, 1.82) is 0 Å². The van der Waals surface area contributed by atoms with Gasteiger partial charge in [-0.2, -0.15) is 0 Å². The zero-order chi connectivity index (χ0) is 72.5. The molecular weight excluding hydrogens is 1950 g/mol. The van der Waals surface area contributed by atoms with Gasteiger partial charge in [-0.05, 0) is 107 Å². The molecule has 0 spiro atoms. The van der Waals surface area contributed by atoms with Crippen LogP contribution in [0.2, 0.25) is 0 Å². The summed E-state index contributed by atoms with van der Waals surface area (Å²) < 4.78 is 116. The van der Waals surface area contributed by atoms with Gasteiger partial charge >= 0.3 is 0 Å². The molecule has 4 N–H and O–H groups in total. The van der Waals surface area contributed by atoms with Crippen molar-refractivity contribution in [2.24, 2.45) is 107 Å². The van der Waals surface area contributed by atoms with E-state index in [1.807, 2.05) is 20.8 Å². The molecular formula is C78H138Ac3O21. The second kappa shape index (κ2) is 39.4. The van der Waals surface area contributed by atoms with Crippen LogP contribution < -0.4 is 0 Å². The number of ether oxygens (including phenoxy) is 17. The van der Waals surface area contributed by atoms with Crippen LogP contribution >= 0.6 is 0 Å². The third-order valence-electron chi connectivity index (χ3n) is 27.9. The van der Waals surface area contributed by atoms with Crippen LogP contribution in [0, 0.1) is 239 Å². The van der Waals surface area contributed by atoms with E-state index in [0.717, 1.165) is 25.7 Å². The molecule has 21 nitrogen and oxygen atoms in total. The van der Waals surface area contributed by atoms with Crippen molar-refractivity contribution >= 4 is 0 Å². The van der Waals surface area contributed by atoms with E-state index in [2.05, 4.69) is 152 Å². The predicted molar refractivity (Wildman–Crippen MR) is 370 cm³/mol. The van der Waals surface area contributed by atoms with Crippen LogP contribution in [0.4, 0.5) is 0 Å². The smallest absolute Gasteiger partial charge is 0.164 e. The Bertz CT molecular complexity index is 2510. The summed E-state index contributed by atoms with van der Waals surface area (Å²) in [6.07, 6.45) is -8.04. The van der Waals surface area contributed by atoms with E-state index in [4.69, 9.17) is 80.5 Å². The maximum atomic E-state index is 12.1. The van der Waals surface area contributed by atoms with E-state index in [1.165, 1.54) is 0 Å². The topological polar surface area (TPSA) is 238 Å². The van der Waals surface area contributed by atoms with Crippen molar-refractivity contribution in [2.75, 3.05) is 13.2 Å². The van der Waals surface area contributed by atoms with Gasteiger partial charge in [0.05, 0.1) is 116 Å². The molecule has 0 aromatic carbocycles. The number of hydrogen-bond acceptors (Lipinski definition) is 21. The van der Waals surface area contributed by atoms with Gasteiger partial charge in [-0.15, -0.1) is 0 Å². The van der Waals surface area contributed by atoms with E-state index >= 15 is 0 Å². The number of hydrogen-bond donors (Lipinski definition) is 4. The molecule has 9 heterocycles. The Balaban J connectivity index is 0.00000486. The van der Waals surface area contributed by atoms with Gasteiger partial charge in [-0.25, -0.2) is 0 Å². The van der Waals surface area contributed by atoms with Gasteiger partial charge in [0.1, 0.15) is 18.3 Å². The van der Waals surface area contributed by atoms with Gasteiger partial charge in [0.25, 0.3) is 0 Å². The minimum absolute atomic E-state index is 0. The van der Waals surface area contributed by atoms with E-state index in [-0.39, 0.29) is 295 Å². The van der Waals surface area contributed by atoms with Gasteiger partial charge in [-0.1, -0.05) is 145 Å². The summed E-state index contributed by atoms with van der Waals surface area (Å²) >= 11 is 0. The first-order valence-corrected chi connectivity index (χ1v) is 39.6. The molecule has 1 aliphatic carbocycles. The average Bonchev–Trinajstić information content (AvgIpc) is 1.52. The number of aliphatic hydroxyl groups excluding tert-OH is 4. The van der Waals surface area contributed by atoms with E-state index < -0.39 is 117 Å². The minimum Gasteiger partial charge on any atom is -0.394 e. The summed E-state index contributed by atoms with van der Waals surface area (Å²) in [5.41, 5.74) is -0.608. The second-order valence-corrected chi connectivity index (χ2v) is 33.7. The van der Waals surface area contributed by atoms with Gasteiger partial charge < -0.3 is 101 Å². The SMILES string of the molecule is CCC1O[C@H](O[C@@H]2C(CC)O[C@H](O[C@H]3C(CC)OC(O[C@H]4C(CC)O[C@@H](O[C@@H]5C(CO)O[C@H](O[C@@H]6C(C)O[C@H](O[C@H]7C(CO)O[C@@H](OC8(C)[C@@H]9C(C)O[C@H](O[C@@H]%10C(CC)O[C@H](C)C(C)C%10C)C(C)[C@H]98)C(C)[C@H]7O)C(C)C6C)C(C)C5C)C(C)[C@H]4C)[C@H](C)[C@H]3C)C(C)C2C)C(C)C(C)[C@@H]1O.[Ac].[Ac].[Ac]. The zero-order valence-corrected chi connectivity index (χ0v) is 81.1. The molecule has 585 valence electrons. The molecule has 3 radical (unpaired) electrons. The van der Waals surface area contributed by atoms with Crippen molar-refractivity contribution in [1.82, 2.24) is 0 Å². The minimum atomic E-state index is -1.04. The normalized spacial score (nSPS) is 54.3. The molecule has 0 aromatic heterocycles. The summed E-state index contributed by atoms with van der Waals surface area (Å²) in [6, 6.07) is 0. The predicted octanol–water partition coefficient (Wildman–Crippen LogP) is 11.3. The second-order valence-electron chi connectivity index (χ2n) is 33.7. The zero-order valence-electron chi connectivity index (χ0n) is 66.9. The van der Waals surface area contributed by atoms with Crippen molar-refractivity contribution < 1.29 is 233 Å². The molecule has 0 bridgehead atoms. The Hall–Kier alpha value is 3.48. The summed E-state index contributed by atoms with van der Waals surface area (Å²) in [6.45, 7) is 52.7.